The molecule has 1 aromatic rings. The third-order valence-corrected chi connectivity index (χ3v) is 4.45. The molecule has 2 atom stereocenters. The lowest BCUT2D eigenvalue weighted by Gasteiger charge is -2.30. The van der Waals surface area contributed by atoms with E-state index in [1.165, 1.54) is 12.2 Å². The Morgan fingerprint density at radius 1 is 1.53 bits per heavy atom. The monoisotopic (exact) mass is 251 g/mol. The fourth-order valence-corrected chi connectivity index (χ4v) is 3.21. The number of thioether (sulfide) groups is 1. The molecule has 2 rings (SSSR count). The van der Waals surface area contributed by atoms with Gasteiger partial charge in [0.1, 0.15) is 0 Å². The van der Waals surface area contributed by atoms with Gasteiger partial charge in [0.2, 0.25) is 0 Å². The summed E-state index contributed by atoms with van der Waals surface area (Å²) in [6.07, 6.45) is 2.39. The Hall–Kier alpha value is -1.16. The number of benzene rings is 1. The van der Waals surface area contributed by atoms with Crippen LogP contribution >= 0.6 is 11.8 Å². The zero-order chi connectivity index (χ0) is 12.3. The molecule has 0 saturated carbocycles. The largest absolute Gasteiger partial charge is 0.478 e. The van der Waals surface area contributed by atoms with Crippen LogP contribution in [0.25, 0.3) is 0 Å². The summed E-state index contributed by atoms with van der Waals surface area (Å²) in [6, 6.07) is 7.48. The quantitative estimate of drug-likeness (QED) is 0.866. The molecule has 0 amide bonds. The molecular weight excluding hydrogens is 234 g/mol. The third-order valence-electron chi connectivity index (χ3n) is 3.07. The molecule has 0 aliphatic carbocycles. The molecule has 1 aliphatic rings. The Bertz CT molecular complexity index is 408. The lowest BCUT2D eigenvalue weighted by molar-refractivity contribution is 0.0697. The Balaban J connectivity index is 2.07. The average molecular weight is 251 g/mol. The van der Waals surface area contributed by atoms with Gasteiger partial charge in [-0.1, -0.05) is 13.0 Å². The summed E-state index contributed by atoms with van der Waals surface area (Å²) in [6.45, 7) is 2.22. The van der Waals surface area contributed by atoms with Gasteiger partial charge in [-0.05, 0) is 36.8 Å². The minimum atomic E-state index is -0.875. The number of hydrogen-bond donors (Lipinski definition) is 2. The van der Waals surface area contributed by atoms with Gasteiger partial charge in [-0.15, -0.1) is 0 Å². The second-order valence-electron chi connectivity index (χ2n) is 4.35. The summed E-state index contributed by atoms with van der Waals surface area (Å²) in [5.74, 6) is 0.355. The Labute approximate surface area is 106 Å². The highest BCUT2D eigenvalue weighted by Crippen LogP contribution is 2.27. The minimum Gasteiger partial charge on any atom is -0.478 e. The van der Waals surface area contributed by atoms with Crippen molar-refractivity contribution in [2.45, 2.75) is 31.1 Å². The maximum absolute atomic E-state index is 10.9. The van der Waals surface area contributed by atoms with Crippen molar-refractivity contribution in [3.8, 4) is 0 Å². The zero-order valence-corrected chi connectivity index (χ0v) is 10.7. The zero-order valence-electron chi connectivity index (χ0n) is 9.85. The van der Waals surface area contributed by atoms with Crippen molar-refractivity contribution in [1.29, 1.82) is 0 Å². The van der Waals surface area contributed by atoms with Crippen LogP contribution in [-0.4, -0.2) is 28.1 Å². The summed E-state index contributed by atoms with van der Waals surface area (Å²) in [7, 11) is 0. The molecule has 1 aliphatic heterocycles. The van der Waals surface area contributed by atoms with Crippen LogP contribution in [0, 0.1) is 0 Å². The van der Waals surface area contributed by atoms with Crippen LogP contribution in [0.4, 0.5) is 5.69 Å². The smallest absolute Gasteiger partial charge is 0.335 e. The molecule has 0 spiro atoms. The van der Waals surface area contributed by atoms with E-state index in [0.29, 0.717) is 16.9 Å². The summed E-state index contributed by atoms with van der Waals surface area (Å²) in [4.78, 5) is 10.9. The van der Waals surface area contributed by atoms with E-state index in [1.807, 2.05) is 17.8 Å². The molecule has 0 aromatic heterocycles. The van der Waals surface area contributed by atoms with E-state index in [1.54, 1.807) is 18.2 Å². The van der Waals surface area contributed by atoms with Crippen molar-refractivity contribution < 1.29 is 9.90 Å². The molecule has 1 aromatic carbocycles. The number of anilines is 1. The van der Waals surface area contributed by atoms with Crippen LogP contribution in [0.1, 0.15) is 30.1 Å². The van der Waals surface area contributed by atoms with Gasteiger partial charge in [-0.2, -0.15) is 11.8 Å². The summed E-state index contributed by atoms with van der Waals surface area (Å²) in [5.41, 5.74) is 1.25. The SMILES string of the molecule is CC1SCCCC1Nc1cccc(C(=O)O)c1. The fourth-order valence-electron chi connectivity index (χ4n) is 2.07. The standard InChI is InChI=1S/C13H17NO2S/c1-9-12(6-3-7-17-9)14-11-5-2-4-10(8-11)13(15)16/h2,4-5,8-9,12,14H,3,6-7H2,1H3,(H,15,16). The summed E-state index contributed by atoms with van der Waals surface area (Å²) in [5, 5.41) is 13.0. The molecule has 0 radical (unpaired) electrons. The van der Waals surface area contributed by atoms with E-state index in [2.05, 4.69) is 12.2 Å². The van der Waals surface area contributed by atoms with Gasteiger partial charge in [0.15, 0.2) is 0 Å². The molecule has 92 valence electrons. The number of carbonyl (C=O) groups is 1. The van der Waals surface area contributed by atoms with Crippen molar-refractivity contribution in [3.63, 3.8) is 0 Å². The minimum absolute atomic E-state index is 0.339. The molecule has 2 N–H and O–H groups in total. The molecular formula is C13H17NO2S. The fraction of sp³-hybridized carbons (Fsp3) is 0.462. The maximum Gasteiger partial charge on any atom is 0.335 e. The molecule has 3 nitrogen and oxygen atoms in total. The normalized spacial score (nSPS) is 24.3. The lowest BCUT2D eigenvalue weighted by Crippen LogP contribution is -2.32. The van der Waals surface area contributed by atoms with Crippen LogP contribution in [0.2, 0.25) is 0 Å². The molecule has 1 saturated heterocycles. The summed E-state index contributed by atoms with van der Waals surface area (Å²) >= 11 is 1.98. The van der Waals surface area contributed by atoms with Crippen LogP contribution in [0.15, 0.2) is 24.3 Å². The molecule has 1 heterocycles. The Kier molecular flexibility index (Phi) is 3.94. The van der Waals surface area contributed by atoms with E-state index < -0.39 is 5.97 Å². The lowest BCUT2D eigenvalue weighted by atomic mass is 10.1. The van der Waals surface area contributed by atoms with Gasteiger partial charge < -0.3 is 10.4 Å². The number of hydrogen-bond acceptors (Lipinski definition) is 3. The van der Waals surface area contributed by atoms with Gasteiger partial charge in [0, 0.05) is 17.0 Å². The highest BCUT2D eigenvalue weighted by Gasteiger charge is 2.21. The molecule has 2 unspecified atom stereocenters. The van der Waals surface area contributed by atoms with Gasteiger partial charge in [-0.3, -0.25) is 0 Å². The first-order valence-corrected chi connectivity index (χ1v) is 6.93. The van der Waals surface area contributed by atoms with Crippen LogP contribution in [-0.2, 0) is 0 Å². The number of nitrogens with one attached hydrogen (secondary N) is 1. The molecule has 4 heteroatoms. The maximum atomic E-state index is 10.9. The van der Waals surface area contributed by atoms with Crippen molar-refractivity contribution >= 4 is 23.4 Å². The number of carboxylic acids is 1. The van der Waals surface area contributed by atoms with E-state index in [4.69, 9.17) is 5.11 Å². The topological polar surface area (TPSA) is 49.3 Å². The number of aromatic carboxylic acids is 1. The van der Waals surface area contributed by atoms with Gasteiger partial charge >= 0.3 is 5.97 Å². The van der Waals surface area contributed by atoms with Crippen molar-refractivity contribution in [1.82, 2.24) is 0 Å². The van der Waals surface area contributed by atoms with Gasteiger partial charge in [0.25, 0.3) is 0 Å². The highest BCUT2D eigenvalue weighted by molar-refractivity contribution is 8.00. The number of rotatable bonds is 3. The molecule has 1 fully saturated rings. The van der Waals surface area contributed by atoms with E-state index in [9.17, 15) is 4.79 Å². The summed E-state index contributed by atoms with van der Waals surface area (Å²) < 4.78 is 0. The van der Waals surface area contributed by atoms with Crippen molar-refractivity contribution in [3.05, 3.63) is 29.8 Å². The Morgan fingerprint density at radius 2 is 2.35 bits per heavy atom. The molecule has 17 heavy (non-hydrogen) atoms. The van der Waals surface area contributed by atoms with Crippen molar-refractivity contribution in [2.75, 3.05) is 11.1 Å². The van der Waals surface area contributed by atoms with E-state index in [-0.39, 0.29) is 0 Å². The second-order valence-corrected chi connectivity index (χ2v) is 5.84. The van der Waals surface area contributed by atoms with Gasteiger partial charge in [0.05, 0.1) is 5.56 Å². The highest BCUT2D eigenvalue weighted by atomic mass is 32.2. The van der Waals surface area contributed by atoms with Crippen LogP contribution < -0.4 is 5.32 Å². The van der Waals surface area contributed by atoms with E-state index in [0.717, 1.165) is 12.1 Å². The third kappa shape index (κ3) is 3.16. The first kappa shape index (κ1) is 12.3. The first-order valence-electron chi connectivity index (χ1n) is 5.88. The second kappa shape index (κ2) is 5.45. The van der Waals surface area contributed by atoms with Gasteiger partial charge in [-0.25, -0.2) is 4.79 Å². The van der Waals surface area contributed by atoms with Crippen molar-refractivity contribution in [2.24, 2.45) is 0 Å². The average Bonchev–Trinajstić information content (AvgIpc) is 2.32. The number of carboxylic acid groups (broad SMARTS) is 1. The Morgan fingerprint density at radius 3 is 3.06 bits per heavy atom. The first-order chi connectivity index (χ1) is 8.16. The van der Waals surface area contributed by atoms with E-state index >= 15 is 0 Å². The van der Waals surface area contributed by atoms with Crippen LogP contribution in [0.5, 0.6) is 0 Å². The predicted molar refractivity (Wildman–Crippen MR) is 72.0 cm³/mol. The van der Waals surface area contributed by atoms with Crippen LogP contribution in [0.3, 0.4) is 0 Å². The molecule has 0 bridgehead atoms. The predicted octanol–water partition coefficient (Wildman–Crippen LogP) is 3.08.